The highest BCUT2D eigenvalue weighted by Crippen LogP contribution is 2.24. The molecule has 18 heavy (non-hydrogen) atoms. The first kappa shape index (κ1) is 14.9. The normalized spacial score (nSPS) is 11.7. The zero-order valence-electron chi connectivity index (χ0n) is 10.3. The molecule has 8 heteroatoms. The summed E-state index contributed by atoms with van der Waals surface area (Å²) in [6.45, 7) is 0.259. The fourth-order valence-corrected chi connectivity index (χ4v) is 3.79. The molecular formula is C10H16N2O4S2. The van der Waals surface area contributed by atoms with E-state index in [1.54, 1.807) is 5.38 Å². The number of methoxy groups -OCH3 is 1. The summed E-state index contributed by atoms with van der Waals surface area (Å²) in [5, 5.41) is 1.58. The van der Waals surface area contributed by atoms with Gasteiger partial charge in [-0.05, 0) is 12.5 Å². The largest absolute Gasteiger partial charge is 0.469 e. The fourth-order valence-electron chi connectivity index (χ4n) is 1.29. The van der Waals surface area contributed by atoms with Crippen LogP contribution in [-0.4, -0.2) is 39.4 Å². The maximum absolute atomic E-state index is 12.1. The van der Waals surface area contributed by atoms with Crippen molar-refractivity contribution in [2.45, 2.75) is 17.1 Å². The number of esters is 1. The van der Waals surface area contributed by atoms with E-state index in [0.717, 1.165) is 11.3 Å². The van der Waals surface area contributed by atoms with Crippen LogP contribution in [0.1, 0.15) is 12.8 Å². The first-order valence-electron chi connectivity index (χ1n) is 5.25. The lowest BCUT2D eigenvalue weighted by molar-refractivity contribution is -0.140. The summed E-state index contributed by atoms with van der Waals surface area (Å²) >= 11 is 1.08. The number of hydrogen-bond donors (Lipinski definition) is 1. The van der Waals surface area contributed by atoms with E-state index in [-0.39, 0.29) is 23.1 Å². The maximum Gasteiger partial charge on any atom is 0.305 e. The molecule has 0 saturated heterocycles. The van der Waals surface area contributed by atoms with Crippen LogP contribution in [-0.2, 0) is 19.6 Å². The minimum absolute atomic E-state index is 0.197. The van der Waals surface area contributed by atoms with Crippen molar-refractivity contribution in [3.8, 4) is 0 Å². The summed E-state index contributed by atoms with van der Waals surface area (Å²) in [7, 11) is -0.726. The van der Waals surface area contributed by atoms with E-state index >= 15 is 0 Å². The summed E-state index contributed by atoms with van der Waals surface area (Å²) < 4.78 is 30.0. The molecule has 1 aromatic rings. The van der Waals surface area contributed by atoms with Gasteiger partial charge in [-0.3, -0.25) is 4.79 Å². The van der Waals surface area contributed by atoms with Crippen LogP contribution in [0.15, 0.2) is 15.7 Å². The van der Waals surface area contributed by atoms with Crippen molar-refractivity contribution in [1.29, 1.82) is 0 Å². The fraction of sp³-hybridized carbons (Fsp3) is 0.500. The first-order chi connectivity index (χ1) is 8.37. The second-order valence-corrected chi connectivity index (χ2v) is 6.89. The van der Waals surface area contributed by atoms with Crippen molar-refractivity contribution in [1.82, 2.24) is 4.31 Å². The van der Waals surface area contributed by atoms with Crippen molar-refractivity contribution >= 4 is 33.0 Å². The molecule has 0 aliphatic carbocycles. The van der Waals surface area contributed by atoms with Crippen molar-refractivity contribution in [2.75, 3.05) is 26.4 Å². The molecule has 0 fully saturated rings. The van der Waals surface area contributed by atoms with Gasteiger partial charge in [0.2, 0.25) is 0 Å². The molecule has 0 aliphatic heterocycles. The van der Waals surface area contributed by atoms with E-state index in [1.807, 2.05) is 0 Å². The summed E-state index contributed by atoms with van der Waals surface area (Å²) in [4.78, 5) is 10.9. The van der Waals surface area contributed by atoms with Crippen LogP contribution in [0.25, 0.3) is 0 Å². The van der Waals surface area contributed by atoms with Gasteiger partial charge in [0.1, 0.15) is 4.21 Å². The third-order valence-electron chi connectivity index (χ3n) is 2.34. The number of nitrogens with zero attached hydrogens (tertiary/aromatic N) is 1. The Morgan fingerprint density at radius 1 is 1.56 bits per heavy atom. The minimum Gasteiger partial charge on any atom is -0.469 e. The average Bonchev–Trinajstić information content (AvgIpc) is 2.76. The maximum atomic E-state index is 12.1. The average molecular weight is 292 g/mol. The Labute approximate surface area is 110 Å². The summed E-state index contributed by atoms with van der Waals surface area (Å²) in [6.07, 6.45) is 0.617. The predicted molar refractivity (Wildman–Crippen MR) is 69.8 cm³/mol. The molecule has 6 nitrogen and oxygen atoms in total. The second kappa shape index (κ2) is 6.17. The van der Waals surface area contributed by atoms with Gasteiger partial charge in [-0.15, -0.1) is 11.3 Å². The Kier molecular flexibility index (Phi) is 5.12. The molecule has 0 saturated carbocycles. The van der Waals surface area contributed by atoms with Crippen LogP contribution in [0.5, 0.6) is 0 Å². The predicted octanol–water partition coefficient (Wildman–Crippen LogP) is 0.904. The lowest BCUT2D eigenvalue weighted by Gasteiger charge is -2.15. The summed E-state index contributed by atoms with van der Waals surface area (Å²) in [5.41, 5.74) is 5.93. The smallest absolute Gasteiger partial charge is 0.305 e. The topological polar surface area (TPSA) is 89.7 Å². The van der Waals surface area contributed by atoms with E-state index in [4.69, 9.17) is 5.73 Å². The minimum atomic E-state index is -3.50. The van der Waals surface area contributed by atoms with Crippen molar-refractivity contribution in [3.05, 3.63) is 11.4 Å². The van der Waals surface area contributed by atoms with Gasteiger partial charge in [-0.2, -0.15) is 0 Å². The number of thiophene rings is 1. The molecule has 0 aliphatic rings. The SMILES string of the molecule is COC(=O)CCCN(C)S(=O)(=O)c1cc(N)cs1. The lowest BCUT2D eigenvalue weighted by atomic mass is 10.3. The number of rotatable bonds is 6. The Bertz CT molecular complexity index is 510. The first-order valence-corrected chi connectivity index (χ1v) is 7.57. The van der Waals surface area contributed by atoms with E-state index < -0.39 is 10.0 Å². The molecule has 0 bridgehead atoms. The van der Waals surface area contributed by atoms with E-state index in [1.165, 1.54) is 24.5 Å². The van der Waals surface area contributed by atoms with E-state index in [0.29, 0.717) is 12.1 Å². The van der Waals surface area contributed by atoms with E-state index in [9.17, 15) is 13.2 Å². The van der Waals surface area contributed by atoms with Gasteiger partial charge in [0.05, 0.1) is 7.11 Å². The molecule has 0 spiro atoms. The lowest BCUT2D eigenvalue weighted by Crippen LogP contribution is -2.27. The second-order valence-electron chi connectivity index (χ2n) is 3.71. The van der Waals surface area contributed by atoms with Gasteiger partial charge >= 0.3 is 5.97 Å². The zero-order chi connectivity index (χ0) is 13.8. The number of carbonyl (C=O) groups is 1. The molecule has 0 radical (unpaired) electrons. The molecule has 0 aromatic carbocycles. The Morgan fingerprint density at radius 3 is 2.72 bits per heavy atom. The summed E-state index contributed by atoms with van der Waals surface area (Å²) in [6, 6.07) is 1.43. The molecule has 102 valence electrons. The quantitative estimate of drug-likeness (QED) is 0.787. The van der Waals surface area contributed by atoms with Crippen LogP contribution < -0.4 is 5.73 Å². The van der Waals surface area contributed by atoms with E-state index in [2.05, 4.69) is 4.74 Å². The Morgan fingerprint density at radius 2 is 2.22 bits per heavy atom. The number of anilines is 1. The van der Waals surface area contributed by atoms with Gasteiger partial charge in [0.15, 0.2) is 0 Å². The highest BCUT2D eigenvalue weighted by molar-refractivity contribution is 7.91. The Hall–Kier alpha value is -1.12. The van der Waals surface area contributed by atoms with Crippen LogP contribution >= 0.6 is 11.3 Å². The van der Waals surface area contributed by atoms with Crippen LogP contribution in [0.3, 0.4) is 0 Å². The number of carbonyl (C=O) groups excluding carboxylic acids is 1. The number of ether oxygens (including phenoxy) is 1. The third-order valence-corrected chi connectivity index (χ3v) is 5.63. The van der Waals surface area contributed by atoms with Gasteiger partial charge < -0.3 is 10.5 Å². The van der Waals surface area contributed by atoms with Crippen molar-refractivity contribution in [3.63, 3.8) is 0 Å². The van der Waals surface area contributed by atoms with Gasteiger partial charge in [-0.1, -0.05) is 0 Å². The third kappa shape index (κ3) is 3.69. The monoisotopic (exact) mass is 292 g/mol. The molecule has 1 aromatic heterocycles. The number of sulfonamides is 1. The highest BCUT2D eigenvalue weighted by Gasteiger charge is 2.22. The molecule has 0 amide bonds. The van der Waals surface area contributed by atoms with Crippen LogP contribution in [0.4, 0.5) is 5.69 Å². The number of hydrogen-bond acceptors (Lipinski definition) is 6. The van der Waals surface area contributed by atoms with Gasteiger partial charge in [0, 0.05) is 31.1 Å². The summed E-state index contributed by atoms with van der Waals surface area (Å²) in [5.74, 6) is -0.346. The molecule has 0 unspecified atom stereocenters. The molecule has 0 atom stereocenters. The van der Waals surface area contributed by atoms with Crippen molar-refractivity contribution < 1.29 is 17.9 Å². The van der Waals surface area contributed by atoms with Crippen LogP contribution in [0.2, 0.25) is 0 Å². The number of nitrogens with two attached hydrogens (primary N) is 1. The van der Waals surface area contributed by atoms with Crippen molar-refractivity contribution in [2.24, 2.45) is 0 Å². The molecule has 1 rings (SSSR count). The van der Waals surface area contributed by atoms with Crippen LogP contribution in [0, 0.1) is 0 Å². The molecule has 2 N–H and O–H groups in total. The van der Waals surface area contributed by atoms with Gasteiger partial charge in [0.25, 0.3) is 10.0 Å². The zero-order valence-corrected chi connectivity index (χ0v) is 11.9. The standard InChI is InChI=1S/C10H16N2O4S2/c1-12(5-3-4-9(13)16-2)18(14,15)10-6-8(11)7-17-10/h6-7H,3-5,11H2,1-2H3. The Balaban J connectivity index is 2.60. The molecule has 1 heterocycles. The number of nitrogen functional groups attached to an aromatic ring is 1. The highest BCUT2D eigenvalue weighted by atomic mass is 32.2. The van der Waals surface area contributed by atoms with Gasteiger partial charge in [-0.25, -0.2) is 12.7 Å². The molecular weight excluding hydrogens is 276 g/mol.